The van der Waals surface area contributed by atoms with Crippen molar-refractivity contribution in [2.45, 2.75) is 13.8 Å². The molecule has 0 unspecified atom stereocenters. The van der Waals surface area contributed by atoms with Crippen molar-refractivity contribution in [2.24, 2.45) is 0 Å². The minimum atomic E-state index is -0.454. The summed E-state index contributed by atoms with van der Waals surface area (Å²) >= 11 is 5.69. The highest BCUT2D eigenvalue weighted by atomic mass is 35.5. The number of hydrogen-bond acceptors (Lipinski definition) is 3. The zero-order valence-corrected chi connectivity index (χ0v) is 12.5. The monoisotopic (exact) mass is 306 g/mol. The third-order valence-electron chi connectivity index (χ3n) is 3.15. The first-order valence-corrected chi connectivity index (χ1v) is 6.74. The van der Waals surface area contributed by atoms with E-state index in [9.17, 15) is 9.59 Å². The van der Waals surface area contributed by atoms with Crippen molar-refractivity contribution in [3.05, 3.63) is 52.4 Å². The highest BCUT2D eigenvalue weighted by Gasteiger charge is 2.14. The van der Waals surface area contributed by atoms with Crippen LogP contribution >= 0.6 is 11.6 Å². The van der Waals surface area contributed by atoms with Gasteiger partial charge in [-0.2, -0.15) is 0 Å². The summed E-state index contributed by atoms with van der Waals surface area (Å²) in [5.41, 5.74) is 3.02. The Morgan fingerprint density at radius 1 is 1.24 bits per heavy atom. The normalized spacial score (nSPS) is 10.2. The number of rotatable bonds is 4. The summed E-state index contributed by atoms with van der Waals surface area (Å²) in [5, 5.41) is 5.24. The third kappa shape index (κ3) is 3.64. The van der Waals surface area contributed by atoms with Crippen LogP contribution in [0, 0.1) is 13.8 Å². The van der Waals surface area contributed by atoms with Gasteiger partial charge in [0.1, 0.15) is 0 Å². The van der Waals surface area contributed by atoms with Crippen LogP contribution in [0.15, 0.2) is 34.9 Å². The smallest absolute Gasteiger partial charge is 0.256 e. The van der Waals surface area contributed by atoms with E-state index in [1.807, 2.05) is 32.0 Å². The molecule has 1 heterocycles. The highest BCUT2D eigenvalue weighted by molar-refractivity contribution is 6.32. The van der Waals surface area contributed by atoms with E-state index in [1.165, 1.54) is 12.3 Å². The van der Waals surface area contributed by atoms with Crippen LogP contribution in [0.25, 0.3) is 0 Å². The second-order valence-electron chi connectivity index (χ2n) is 4.59. The van der Waals surface area contributed by atoms with Crippen LogP contribution < -0.4 is 10.6 Å². The third-order valence-corrected chi connectivity index (χ3v) is 3.44. The van der Waals surface area contributed by atoms with Gasteiger partial charge in [-0.3, -0.25) is 9.59 Å². The predicted octanol–water partition coefficient (Wildman–Crippen LogP) is 2.92. The van der Waals surface area contributed by atoms with Crippen LogP contribution in [0.2, 0.25) is 5.22 Å². The second kappa shape index (κ2) is 6.45. The van der Waals surface area contributed by atoms with Gasteiger partial charge in [-0.25, -0.2) is 0 Å². The molecule has 0 radical (unpaired) electrons. The van der Waals surface area contributed by atoms with Gasteiger partial charge in [0.15, 0.2) is 0 Å². The summed E-state index contributed by atoms with van der Waals surface area (Å²) in [6, 6.07) is 7.09. The van der Waals surface area contributed by atoms with E-state index in [2.05, 4.69) is 10.6 Å². The zero-order valence-electron chi connectivity index (χ0n) is 11.7. The van der Waals surface area contributed by atoms with Crippen molar-refractivity contribution in [3.63, 3.8) is 0 Å². The molecule has 1 aromatic heterocycles. The summed E-state index contributed by atoms with van der Waals surface area (Å²) in [5.74, 6) is -0.762. The molecule has 21 heavy (non-hydrogen) atoms. The quantitative estimate of drug-likeness (QED) is 0.912. The molecule has 6 heteroatoms. The van der Waals surface area contributed by atoms with Crippen molar-refractivity contribution in [2.75, 3.05) is 11.9 Å². The van der Waals surface area contributed by atoms with Gasteiger partial charge in [0.2, 0.25) is 11.1 Å². The number of aryl methyl sites for hydroxylation is 1. The van der Waals surface area contributed by atoms with Crippen LogP contribution in [0.1, 0.15) is 21.5 Å². The maximum Gasteiger partial charge on any atom is 0.256 e. The van der Waals surface area contributed by atoms with Gasteiger partial charge in [-0.15, -0.1) is 0 Å². The Morgan fingerprint density at radius 3 is 2.67 bits per heavy atom. The summed E-state index contributed by atoms with van der Waals surface area (Å²) in [6.45, 7) is 3.75. The van der Waals surface area contributed by atoms with Crippen molar-refractivity contribution in [3.8, 4) is 0 Å². The van der Waals surface area contributed by atoms with E-state index in [4.69, 9.17) is 16.0 Å². The van der Waals surface area contributed by atoms with Gasteiger partial charge in [0, 0.05) is 5.69 Å². The molecule has 0 atom stereocenters. The molecule has 2 N–H and O–H groups in total. The SMILES string of the molecule is Cc1cccc(NC(=O)CNC(=O)c2ccoc2Cl)c1C. The molecular weight excluding hydrogens is 292 g/mol. The highest BCUT2D eigenvalue weighted by Crippen LogP contribution is 2.18. The Hall–Kier alpha value is -2.27. The average Bonchev–Trinajstić information content (AvgIpc) is 2.87. The zero-order chi connectivity index (χ0) is 15.4. The first-order chi connectivity index (χ1) is 9.99. The Kier molecular flexibility index (Phi) is 4.65. The number of amides is 2. The number of benzene rings is 1. The van der Waals surface area contributed by atoms with E-state index in [-0.39, 0.29) is 23.2 Å². The molecule has 2 rings (SSSR count). The van der Waals surface area contributed by atoms with Gasteiger partial charge in [0.05, 0.1) is 18.4 Å². The maximum atomic E-state index is 11.9. The van der Waals surface area contributed by atoms with Crippen LogP contribution in [0.5, 0.6) is 0 Å². The number of hydrogen-bond donors (Lipinski definition) is 2. The summed E-state index contributed by atoms with van der Waals surface area (Å²) < 4.78 is 4.82. The molecule has 2 aromatic rings. The maximum absolute atomic E-state index is 11.9. The van der Waals surface area contributed by atoms with Gasteiger partial charge in [0.25, 0.3) is 5.91 Å². The van der Waals surface area contributed by atoms with Crippen LogP contribution in [0.3, 0.4) is 0 Å². The molecule has 0 aliphatic rings. The second-order valence-corrected chi connectivity index (χ2v) is 4.93. The molecule has 0 saturated carbocycles. The van der Waals surface area contributed by atoms with Crippen molar-refractivity contribution >= 4 is 29.1 Å². The molecule has 0 aliphatic heterocycles. The molecule has 1 aromatic carbocycles. The first kappa shape index (κ1) is 15.1. The predicted molar refractivity (Wildman–Crippen MR) is 80.6 cm³/mol. The van der Waals surface area contributed by atoms with Gasteiger partial charge in [-0.1, -0.05) is 12.1 Å². The lowest BCUT2D eigenvalue weighted by Crippen LogP contribution is -2.32. The Balaban J connectivity index is 1.92. The number of furan rings is 1. The molecule has 0 fully saturated rings. The van der Waals surface area contributed by atoms with Crippen LogP contribution in [-0.2, 0) is 4.79 Å². The van der Waals surface area contributed by atoms with Crippen LogP contribution in [-0.4, -0.2) is 18.4 Å². The van der Waals surface area contributed by atoms with Crippen molar-refractivity contribution < 1.29 is 14.0 Å². The fourth-order valence-electron chi connectivity index (χ4n) is 1.79. The standard InChI is InChI=1S/C15H15ClN2O3/c1-9-4-3-5-12(10(9)2)18-13(19)8-17-15(20)11-6-7-21-14(11)16/h3-7H,8H2,1-2H3,(H,17,20)(H,18,19). The minimum Gasteiger partial charge on any atom is -0.452 e. The summed E-state index contributed by atoms with van der Waals surface area (Å²) in [7, 11) is 0. The fourth-order valence-corrected chi connectivity index (χ4v) is 1.99. The lowest BCUT2D eigenvalue weighted by Gasteiger charge is -2.10. The lowest BCUT2D eigenvalue weighted by atomic mass is 10.1. The van der Waals surface area contributed by atoms with Crippen molar-refractivity contribution in [1.29, 1.82) is 0 Å². The molecule has 2 amide bonds. The number of carbonyl (C=O) groups is 2. The Bertz CT molecular complexity index is 679. The number of halogens is 1. The largest absolute Gasteiger partial charge is 0.452 e. The first-order valence-electron chi connectivity index (χ1n) is 6.36. The van der Waals surface area contributed by atoms with Gasteiger partial charge >= 0.3 is 0 Å². The van der Waals surface area contributed by atoms with E-state index in [1.54, 1.807) is 0 Å². The van der Waals surface area contributed by atoms with E-state index < -0.39 is 5.91 Å². The summed E-state index contributed by atoms with van der Waals surface area (Å²) in [4.78, 5) is 23.6. The number of nitrogens with one attached hydrogen (secondary N) is 2. The molecule has 5 nitrogen and oxygen atoms in total. The molecule has 0 saturated heterocycles. The molecule has 110 valence electrons. The fraction of sp³-hybridized carbons (Fsp3) is 0.200. The summed E-state index contributed by atoms with van der Waals surface area (Å²) in [6.07, 6.45) is 1.31. The molecular formula is C15H15ClN2O3. The minimum absolute atomic E-state index is 0.00226. The van der Waals surface area contributed by atoms with E-state index in [0.717, 1.165) is 16.8 Å². The lowest BCUT2D eigenvalue weighted by molar-refractivity contribution is -0.115. The average molecular weight is 307 g/mol. The van der Waals surface area contributed by atoms with E-state index in [0.29, 0.717) is 0 Å². The number of anilines is 1. The van der Waals surface area contributed by atoms with Crippen molar-refractivity contribution in [1.82, 2.24) is 5.32 Å². The molecule has 0 aliphatic carbocycles. The number of carbonyl (C=O) groups excluding carboxylic acids is 2. The Morgan fingerprint density at radius 2 is 2.00 bits per heavy atom. The van der Waals surface area contributed by atoms with E-state index >= 15 is 0 Å². The van der Waals surface area contributed by atoms with Crippen LogP contribution in [0.4, 0.5) is 5.69 Å². The molecule has 0 spiro atoms. The van der Waals surface area contributed by atoms with Gasteiger partial charge < -0.3 is 15.1 Å². The molecule has 0 bridgehead atoms. The topological polar surface area (TPSA) is 71.3 Å². The van der Waals surface area contributed by atoms with Gasteiger partial charge in [-0.05, 0) is 48.7 Å². The Labute approximate surface area is 127 Å².